The number of nitriles is 1. The molecule has 0 bridgehead atoms. The van der Waals surface area contributed by atoms with Crippen molar-refractivity contribution in [1.29, 1.82) is 5.26 Å². The van der Waals surface area contributed by atoms with Gasteiger partial charge in [0.15, 0.2) is 11.6 Å². The number of ether oxygens (including phenoxy) is 2. The van der Waals surface area contributed by atoms with Crippen LogP contribution in [0.3, 0.4) is 0 Å². The SMILES string of the molecule is N#Cc1cccc(OCCOc2cccc(Cl)c2F)c1. The van der Waals surface area contributed by atoms with Crippen LogP contribution >= 0.6 is 11.6 Å². The van der Waals surface area contributed by atoms with Crippen LogP contribution in [0.5, 0.6) is 11.5 Å². The van der Waals surface area contributed by atoms with Gasteiger partial charge in [-0.15, -0.1) is 0 Å². The number of benzene rings is 2. The van der Waals surface area contributed by atoms with Crippen molar-refractivity contribution in [1.82, 2.24) is 0 Å². The molecule has 0 heterocycles. The van der Waals surface area contributed by atoms with Gasteiger partial charge in [0.05, 0.1) is 16.7 Å². The summed E-state index contributed by atoms with van der Waals surface area (Å²) < 4.78 is 24.2. The number of rotatable bonds is 5. The molecule has 0 amide bonds. The second-order valence-corrected chi connectivity index (χ2v) is 4.30. The number of hydrogen-bond donors (Lipinski definition) is 0. The van der Waals surface area contributed by atoms with Crippen molar-refractivity contribution in [3.63, 3.8) is 0 Å². The minimum atomic E-state index is -0.583. The topological polar surface area (TPSA) is 42.2 Å². The molecule has 2 aromatic carbocycles. The predicted octanol–water partition coefficient (Wildman–Crippen LogP) is 3.81. The molecule has 0 atom stereocenters. The van der Waals surface area contributed by atoms with E-state index in [-0.39, 0.29) is 24.0 Å². The lowest BCUT2D eigenvalue weighted by Gasteiger charge is -2.09. The van der Waals surface area contributed by atoms with Gasteiger partial charge < -0.3 is 9.47 Å². The first-order chi connectivity index (χ1) is 9.70. The summed E-state index contributed by atoms with van der Waals surface area (Å²) in [6.45, 7) is 0.412. The molecule has 0 radical (unpaired) electrons. The van der Waals surface area contributed by atoms with E-state index in [1.165, 1.54) is 12.1 Å². The van der Waals surface area contributed by atoms with E-state index in [4.69, 9.17) is 26.3 Å². The van der Waals surface area contributed by atoms with Crippen LogP contribution in [-0.2, 0) is 0 Å². The molecule has 102 valence electrons. The van der Waals surface area contributed by atoms with Crippen molar-refractivity contribution >= 4 is 11.6 Å². The monoisotopic (exact) mass is 291 g/mol. The third-order valence-corrected chi connectivity index (χ3v) is 2.78. The van der Waals surface area contributed by atoms with E-state index >= 15 is 0 Å². The predicted molar refractivity (Wildman–Crippen MR) is 73.6 cm³/mol. The fraction of sp³-hybridized carbons (Fsp3) is 0.133. The second kappa shape index (κ2) is 6.78. The molecule has 20 heavy (non-hydrogen) atoms. The Morgan fingerprint density at radius 1 is 1.10 bits per heavy atom. The molecule has 0 aliphatic heterocycles. The number of hydrogen-bond acceptors (Lipinski definition) is 3. The zero-order chi connectivity index (χ0) is 14.4. The van der Waals surface area contributed by atoms with Gasteiger partial charge in [-0.25, -0.2) is 4.39 Å². The highest BCUT2D eigenvalue weighted by atomic mass is 35.5. The lowest BCUT2D eigenvalue weighted by molar-refractivity contribution is 0.211. The van der Waals surface area contributed by atoms with Crippen LogP contribution in [-0.4, -0.2) is 13.2 Å². The van der Waals surface area contributed by atoms with E-state index in [1.807, 2.05) is 6.07 Å². The van der Waals surface area contributed by atoms with Crippen LogP contribution in [0.2, 0.25) is 5.02 Å². The zero-order valence-corrected chi connectivity index (χ0v) is 11.2. The molecule has 3 nitrogen and oxygen atoms in total. The summed E-state index contributed by atoms with van der Waals surface area (Å²) in [4.78, 5) is 0. The Labute approximate surface area is 121 Å². The van der Waals surface area contributed by atoms with Crippen molar-refractivity contribution in [3.05, 3.63) is 58.9 Å². The van der Waals surface area contributed by atoms with Crippen LogP contribution < -0.4 is 9.47 Å². The van der Waals surface area contributed by atoms with Gasteiger partial charge in [0.25, 0.3) is 0 Å². The summed E-state index contributed by atoms with van der Waals surface area (Å²) in [5, 5.41) is 8.77. The van der Waals surface area contributed by atoms with E-state index in [9.17, 15) is 4.39 Å². The largest absolute Gasteiger partial charge is 0.490 e. The zero-order valence-electron chi connectivity index (χ0n) is 10.5. The van der Waals surface area contributed by atoms with E-state index in [0.717, 1.165) is 0 Å². The van der Waals surface area contributed by atoms with E-state index < -0.39 is 5.82 Å². The van der Waals surface area contributed by atoms with Crippen molar-refractivity contribution < 1.29 is 13.9 Å². The van der Waals surface area contributed by atoms with Crippen LogP contribution in [0.1, 0.15) is 5.56 Å². The smallest absolute Gasteiger partial charge is 0.183 e. The third-order valence-electron chi connectivity index (χ3n) is 2.49. The van der Waals surface area contributed by atoms with Crippen molar-refractivity contribution in [2.45, 2.75) is 0 Å². The second-order valence-electron chi connectivity index (χ2n) is 3.89. The maximum atomic E-state index is 13.5. The maximum Gasteiger partial charge on any atom is 0.183 e. The third kappa shape index (κ3) is 3.62. The van der Waals surface area contributed by atoms with Gasteiger partial charge in [0, 0.05) is 0 Å². The summed E-state index contributed by atoms with van der Waals surface area (Å²) in [6, 6.07) is 13.4. The highest BCUT2D eigenvalue weighted by Gasteiger charge is 2.06. The maximum absolute atomic E-state index is 13.5. The lowest BCUT2D eigenvalue weighted by Crippen LogP contribution is -2.09. The summed E-state index contributed by atoms with van der Waals surface area (Å²) in [6.07, 6.45) is 0. The fourth-order valence-electron chi connectivity index (χ4n) is 1.56. The summed E-state index contributed by atoms with van der Waals surface area (Å²) in [5.74, 6) is 0.0757. The minimum Gasteiger partial charge on any atom is -0.490 e. The van der Waals surface area contributed by atoms with E-state index in [0.29, 0.717) is 11.3 Å². The molecule has 0 N–H and O–H groups in total. The van der Waals surface area contributed by atoms with Crippen LogP contribution in [0, 0.1) is 17.1 Å². The lowest BCUT2D eigenvalue weighted by atomic mass is 10.2. The normalized spacial score (nSPS) is 9.85. The van der Waals surface area contributed by atoms with Gasteiger partial charge in [-0.2, -0.15) is 5.26 Å². The average Bonchev–Trinajstić information content (AvgIpc) is 2.48. The standard InChI is InChI=1S/C15H11ClFNO2/c16-13-5-2-6-14(15(13)17)20-8-7-19-12-4-1-3-11(9-12)10-18/h1-6,9H,7-8H2. The van der Waals surface area contributed by atoms with Gasteiger partial charge >= 0.3 is 0 Å². The Morgan fingerprint density at radius 2 is 1.85 bits per heavy atom. The molecule has 0 saturated heterocycles. The molecular formula is C15H11ClFNO2. The number of halogens is 2. The molecule has 5 heteroatoms. The van der Waals surface area contributed by atoms with E-state index in [2.05, 4.69) is 0 Å². The Morgan fingerprint density at radius 3 is 2.65 bits per heavy atom. The summed E-state index contributed by atoms with van der Waals surface area (Å²) >= 11 is 5.64. The average molecular weight is 292 g/mol. The van der Waals surface area contributed by atoms with Crippen molar-refractivity contribution in [2.75, 3.05) is 13.2 Å². The van der Waals surface area contributed by atoms with E-state index in [1.54, 1.807) is 30.3 Å². The Kier molecular flexibility index (Phi) is 4.80. The molecule has 2 aromatic rings. The highest BCUT2D eigenvalue weighted by molar-refractivity contribution is 6.30. The Hall–Kier alpha value is -2.25. The summed E-state index contributed by atoms with van der Waals surface area (Å²) in [7, 11) is 0. The van der Waals surface area contributed by atoms with Crippen molar-refractivity contribution in [2.24, 2.45) is 0 Å². The van der Waals surface area contributed by atoms with Crippen molar-refractivity contribution in [3.8, 4) is 17.6 Å². The first-order valence-electron chi connectivity index (χ1n) is 5.90. The quantitative estimate of drug-likeness (QED) is 0.787. The van der Waals surface area contributed by atoms with Gasteiger partial charge in [-0.1, -0.05) is 23.7 Å². The number of nitrogens with zero attached hydrogens (tertiary/aromatic N) is 1. The molecule has 0 aromatic heterocycles. The first kappa shape index (κ1) is 14.2. The van der Waals surface area contributed by atoms with Crippen LogP contribution in [0.4, 0.5) is 4.39 Å². The van der Waals surface area contributed by atoms with Crippen LogP contribution in [0.15, 0.2) is 42.5 Å². The van der Waals surface area contributed by atoms with Gasteiger partial charge in [-0.3, -0.25) is 0 Å². The Balaban J connectivity index is 1.85. The summed E-state index contributed by atoms with van der Waals surface area (Å²) in [5.41, 5.74) is 0.518. The molecule has 0 fully saturated rings. The highest BCUT2D eigenvalue weighted by Crippen LogP contribution is 2.23. The molecule has 2 rings (SSSR count). The molecule has 0 spiro atoms. The van der Waals surface area contributed by atoms with Gasteiger partial charge in [0.1, 0.15) is 19.0 Å². The fourth-order valence-corrected chi connectivity index (χ4v) is 1.73. The minimum absolute atomic E-state index is 0.0186. The molecule has 0 unspecified atom stereocenters. The molecular weight excluding hydrogens is 281 g/mol. The molecule has 0 aliphatic rings. The van der Waals surface area contributed by atoms with Gasteiger partial charge in [0.2, 0.25) is 0 Å². The molecule has 0 aliphatic carbocycles. The Bertz CT molecular complexity index is 640. The van der Waals surface area contributed by atoms with Gasteiger partial charge in [-0.05, 0) is 30.3 Å². The first-order valence-corrected chi connectivity index (χ1v) is 6.28. The molecule has 0 saturated carbocycles. The van der Waals surface area contributed by atoms with Crippen LogP contribution in [0.25, 0.3) is 0 Å².